The zero-order chi connectivity index (χ0) is 18.8. The molecule has 0 saturated heterocycles. The van der Waals surface area contributed by atoms with Gasteiger partial charge in [0.1, 0.15) is 0 Å². The van der Waals surface area contributed by atoms with E-state index in [4.69, 9.17) is 4.43 Å². The molecule has 0 bridgehead atoms. The number of benzene rings is 1. The molecule has 1 rings (SSSR count). The molecule has 0 fully saturated rings. The molecule has 0 saturated carbocycles. The molecule has 0 aliphatic carbocycles. The number of sulfonamides is 1. The molecular weight excluding hydrogens is 342 g/mol. The highest BCUT2D eigenvalue weighted by Crippen LogP contribution is 2.37. The minimum Gasteiger partial charge on any atom is -0.413 e. The summed E-state index contributed by atoms with van der Waals surface area (Å²) in [5.41, 5.74) is 0.988. The molecule has 7 heteroatoms. The lowest BCUT2D eigenvalue weighted by Crippen LogP contribution is -2.52. The van der Waals surface area contributed by atoms with Crippen LogP contribution in [0.2, 0.25) is 18.1 Å². The summed E-state index contributed by atoms with van der Waals surface area (Å²) in [5.74, 6) is 0. The molecule has 0 unspecified atom stereocenters. The summed E-state index contributed by atoms with van der Waals surface area (Å²) in [7, 11) is -5.75. The van der Waals surface area contributed by atoms with Gasteiger partial charge in [-0.1, -0.05) is 38.5 Å². The van der Waals surface area contributed by atoms with Crippen molar-refractivity contribution in [1.29, 1.82) is 0 Å². The molecule has 0 heterocycles. The topological polar surface area (TPSA) is 75.6 Å². The van der Waals surface area contributed by atoms with Crippen molar-refractivity contribution in [2.24, 2.45) is 0 Å². The largest absolute Gasteiger partial charge is 0.413 e. The van der Waals surface area contributed by atoms with Crippen LogP contribution < -0.4 is 4.72 Å². The van der Waals surface area contributed by atoms with Crippen LogP contribution in [-0.4, -0.2) is 40.6 Å². The Morgan fingerprint density at radius 2 is 1.71 bits per heavy atom. The average molecular weight is 374 g/mol. The predicted octanol–water partition coefficient (Wildman–Crippen LogP) is 3.04. The quantitative estimate of drug-likeness (QED) is 0.720. The molecule has 2 N–H and O–H groups in total. The van der Waals surface area contributed by atoms with Crippen LogP contribution in [0.4, 0.5) is 0 Å². The van der Waals surface area contributed by atoms with Gasteiger partial charge in [-0.15, -0.1) is 0 Å². The second kappa shape index (κ2) is 7.66. The first-order chi connectivity index (χ1) is 10.8. The zero-order valence-electron chi connectivity index (χ0n) is 15.8. The van der Waals surface area contributed by atoms with E-state index in [2.05, 4.69) is 38.6 Å². The fourth-order valence-corrected chi connectivity index (χ4v) is 4.73. The molecule has 0 radical (unpaired) electrons. The highest BCUT2D eigenvalue weighted by atomic mass is 32.2. The third-order valence-electron chi connectivity index (χ3n) is 4.69. The van der Waals surface area contributed by atoms with E-state index >= 15 is 0 Å². The van der Waals surface area contributed by atoms with Crippen molar-refractivity contribution in [3.8, 4) is 0 Å². The molecule has 138 valence electrons. The maximum atomic E-state index is 12.5. The maximum absolute atomic E-state index is 12.5. The monoisotopic (exact) mass is 373 g/mol. The first-order valence-electron chi connectivity index (χ1n) is 8.18. The molecule has 24 heavy (non-hydrogen) atoms. The van der Waals surface area contributed by atoms with Crippen LogP contribution in [0, 0.1) is 6.92 Å². The fraction of sp³-hybridized carbons (Fsp3) is 0.647. The van der Waals surface area contributed by atoms with Crippen LogP contribution in [0.1, 0.15) is 33.3 Å². The zero-order valence-corrected chi connectivity index (χ0v) is 17.6. The summed E-state index contributed by atoms with van der Waals surface area (Å²) < 4.78 is 33.8. The predicted molar refractivity (Wildman–Crippen MR) is 100 cm³/mol. The molecule has 0 aliphatic rings. The van der Waals surface area contributed by atoms with E-state index in [1.807, 2.05) is 6.92 Å². The first-order valence-corrected chi connectivity index (χ1v) is 12.6. The summed E-state index contributed by atoms with van der Waals surface area (Å²) in [4.78, 5) is 0.186. The summed E-state index contributed by atoms with van der Waals surface area (Å²) in [6, 6.07) is 5.93. The van der Waals surface area contributed by atoms with Crippen LogP contribution in [0.15, 0.2) is 29.2 Å². The lowest BCUT2D eigenvalue weighted by atomic mass is 10.2. The van der Waals surface area contributed by atoms with Gasteiger partial charge in [-0.2, -0.15) is 0 Å². The number of nitrogens with one attached hydrogen (secondary N) is 1. The Balaban J connectivity index is 2.92. The normalized spacial score (nSPS) is 16.0. The smallest absolute Gasteiger partial charge is 0.240 e. The first kappa shape index (κ1) is 21.3. The van der Waals surface area contributed by atoms with Crippen LogP contribution in [0.5, 0.6) is 0 Å². The Hall–Kier alpha value is -0.733. The van der Waals surface area contributed by atoms with Gasteiger partial charge in [-0.05, 0) is 44.1 Å². The molecule has 5 nitrogen and oxygen atoms in total. The lowest BCUT2D eigenvalue weighted by Gasteiger charge is -2.40. The highest BCUT2D eigenvalue weighted by Gasteiger charge is 2.40. The van der Waals surface area contributed by atoms with E-state index in [-0.39, 0.29) is 16.5 Å². The van der Waals surface area contributed by atoms with Gasteiger partial charge in [0.25, 0.3) is 0 Å². The van der Waals surface area contributed by atoms with E-state index in [9.17, 15) is 13.5 Å². The lowest BCUT2D eigenvalue weighted by molar-refractivity contribution is 0.122. The molecule has 0 aromatic heterocycles. The van der Waals surface area contributed by atoms with Crippen molar-refractivity contribution in [2.75, 3.05) is 6.61 Å². The van der Waals surface area contributed by atoms with E-state index in [1.165, 1.54) is 0 Å². The molecule has 0 aliphatic heterocycles. The van der Waals surface area contributed by atoms with Crippen molar-refractivity contribution in [2.45, 2.75) is 69.8 Å². The minimum absolute atomic E-state index is 0.0110. The molecular formula is C17H31NO4SSi. The van der Waals surface area contributed by atoms with Crippen molar-refractivity contribution in [3.05, 3.63) is 29.8 Å². The average Bonchev–Trinajstić information content (AvgIpc) is 2.43. The summed E-state index contributed by atoms with van der Waals surface area (Å²) in [5, 5.41) is 9.67. The van der Waals surface area contributed by atoms with Gasteiger partial charge in [0.2, 0.25) is 10.0 Å². The summed E-state index contributed by atoms with van der Waals surface area (Å²) >= 11 is 0. The van der Waals surface area contributed by atoms with Gasteiger partial charge in [-0.25, -0.2) is 13.1 Å². The van der Waals surface area contributed by atoms with Gasteiger partial charge in [0.05, 0.1) is 23.6 Å². The number of aryl methyl sites for hydroxylation is 1. The van der Waals surface area contributed by atoms with E-state index in [1.54, 1.807) is 31.2 Å². The summed E-state index contributed by atoms with van der Waals surface area (Å²) in [6.45, 7) is 14.0. The molecule has 1 aromatic rings. The molecule has 0 amide bonds. The van der Waals surface area contributed by atoms with Crippen molar-refractivity contribution < 1.29 is 18.0 Å². The Kier molecular flexibility index (Phi) is 6.80. The third kappa shape index (κ3) is 5.39. The van der Waals surface area contributed by atoms with Crippen LogP contribution in [-0.2, 0) is 14.4 Å². The number of aliphatic hydroxyl groups is 1. The number of rotatable bonds is 7. The van der Waals surface area contributed by atoms with Gasteiger partial charge in [-0.3, -0.25) is 0 Å². The Labute approximate surface area is 147 Å². The maximum Gasteiger partial charge on any atom is 0.240 e. The van der Waals surface area contributed by atoms with Gasteiger partial charge in [0.15, 0.2) is 8.32 Å². The highest BCUT2D eigenvalue weighted by molar-refractivity contribution is 7.89. The van der Waals surface area contributed by atoms with Crippen LogP contribution in [0.3, 0.4) is 0 Å². The SMILES string of the molecule is Cc1ccc(S(=O)(=O)N[C@@H](CO)[C@@H](C)O[Si](C)(C)C(C)(C)C)cc1. The Morgan fingerprint density at radius 1 is 1.21 bits per heavy atom. The van der Waals surface area contributed by atoms with Crippen molar-refractivity contribution in [1.82, 2.24) is 4.72 Å². The second-order valence-corrected chi connectivity index (χ2v) is 14.3. The van der Waals surface area contributed by atoms with E-state index in [0.29, 0.717) is 0 Å². The number of aliphatic hydroxyl groups excluding tert-OH is 1. The second-order valence-electron chi connectivity index (χ2n) is 7.81. The van der Waals surface area contributed by atoms with Crippen molar-refractivity contribution in [3.63, 3.8) is 0 Å². The van der Waals surface area contributed by atoms with Crippen molar-refractivity contribution >= 4 is 18.3 Å². The standard InChI is InChI=1S/C17H31NO4SSi/c1-13-8-10-15(11-9-13)23(20,21)18-16(12-19)14(2)22-24(6,7)17(3,4)5/h8-11,14,16,18-19H,12H2,1-7H3/t14-,16+/m1/s1. The van der Waals surface area contributed by atoms with Gasteiger partial charge >= 0.3 is 0 Å². The minimum atomic E-state index is -3.70. The van der Waals surface area contributed by atoms with Gasteiger partial charge < -0.3 is 9.53 Å². The molecule has 1 aromatic carbocycles. The van der Waals surface area contributed by atoms with Crippen LogP contribution >= 0.6 is 0 Å². The number of hydrogen-bond donors (Lipinski definition) is 2. The number of hydrogen-bond acceptors (Lipinski definition) is 4. The Morgan fingerprint density at radius 3 is 2.12 bits per heavy atom. The third-order valence-corrected chi connectivity index (χ3v) is 10.8. The molecule has 2 atom stereocenters. The molecule has 0 spiro atoms. The summed E-state index contributed by atoms with van der Waals surface area (Å²) in [6.07, 6.45) is -0.420. The van der Waals surface area contributed by atoms with Gasteiger partial charge in [0, 0.05) is 0 Å². The van der Waals surface area contributed by atoms with E-state index < -0.39 is 30.5 Å². The van der Waals surface area contributed by atoms with Crippen LogP contribution in [0.25, 0.3) is 0 Å². The fourth-order valence-electron chi connectivity index (χ4n) is 1.99. The Bertz CT molecular complexity index is 636. The van der Waals surface area contributed by atoms with E-state index in [0.717, 1.165) is 5.56 Å².